The van der Waals surface area contributed by atoms with Gasteiger partial charge in [-0.05, 0) is 25.0 Å². The van der Waals surface area contributed by atoms with Crippen LogP contribution in [0.25, 0.3) is 6.08 Å². The van der Waals surface area contributed by atoms with E-state index in [1.54, 1.807) is 12.1 Å². The maximum atomic E-state index is 12.5. The van der Waals surface area contributed by atoms with E-state index < -0.39 is 0 Å². The van der Waals surface area contributed by atoms with Gasteiger partial charge >= 0.3 is 0 Å². The summed E-state index contributed by atoms with van der Waals surface area (Å²) in [5.74, 6) is -0.189. The standard InChI is InChI=1S/C18H21N3O3/c1-3-14(2)21(13-17(22)19-16-11-12-24-20-16)18(23)10-9-15-7-5-4-6-8-15/h4-12,14H,3,13H2,1-2H3,(H,19,20,22)/b10-9+/t14-/m1/s1. The third-order valence-electron chi connectivity index (χ3n) is 3.64. The highest BCUT2D eigenvalue weighted by molar-refractivity contribution is 5.97. The predicted molar refractivity (Wildman–Crippen MR) is 92.1 cm³/mol. The molecule has 24 heavy (non-hydrogen) atoms. The van der Waals surface area contributed by atoms with E-state index in [-0.39, 0.29) is 24.4 Å². The number of carbonyl (C=O) groups excluding carboxylic acids is 2. The molecule has 1 N–H and O–H groups in total. The van der Waals surface area contributed by atoms with Crippen molar-refractivity contribution in [2.45, 2.75) is 26.3 Å². The van der Waals surface area contributed by atoms with E-state index >= 15 is 0 Å². The van der Waals surface area contributed by atoms with Gasteiger partial charge in [0.25, 0.3) is 0 Å². The molecule has 2 amide bonds. The van der Waals surface area contributed by atoms with Crippen molar-refractivity contribution in [1.82, 2.24) is 10.1 Å². The second kappa shape index (κ2) is 8.67. The van der Waals surface area contributed by atoms with E-state index in [0.717, 1.165) is 12.0 Å². The van der Waals surface area contributed by atoms with Gasteiger partial charge in [-0.25, -0.2) is 0 Å². The normalized spacial score (nSPS) is 12.1. The molecule has 126 valence electrons. The van der Waals surface area contributed by atoms with E-state index in [2.05, 4.69) is 15.0 Å². The summed E-state index contributed by atoms with van der Waals surface area (Å²) in [6.45, 7) is 3.85. The number of nitrogens with zero attached hydrogens (tertiary/aromatic N) is 2. The van der Waals surface area contributed by atoms with Crippen LogP contribution >= 0.6 is 0 Å². The fraction of sp³-hybridized carbons (Fsp3) is 0.278. The Balaban J connectivity index is 2.02. The van der Waals surface area contributed by atoms with Crippen molar-refractivity contribution in [2.75, 3.05) is 11.9 Å². The van der Waals surface area contributed by atoms with Crippen molar-refractivity contribution in [3.8, 4) is 0 Å². The maximum absolute atomic E-state index is 12.5. The monoisotopic (exact) mass is 327 g/mol. The van der Waals surface area contributed by atoms with Crippen LogP contribution in [-0.2, 0) is 9.59 Å². The number of amides is 2. The average molecular weight is 327 g/mol. The molecule has 0 fully saturated rings. The van der Waals surface area contributed by atoms with Crippen molar-refractivity contribution >= 4 is 23.7 Å². The van der Waals surface area contributed by atoms with Crippen molar-refractivity contribution < 1.29 is 14.1 Å². The zero-order valence-corrected chi connectivity index (χ0v) is 13.8. The summed E-state index contributed by atoms with van der Waals surface area (Å²) in [5, 5.41) is 6.22. The molecule has 2 rings (SSSR count). The van der Waals surface area contributed by atoms with Crippen LogP contribution in [-0.4, -0.2) is 34.5 Å². The van der Waals surface area contributed by atoms with Crippen LogP contribution in [0.1, 0.15) is 25.8 Å². The third kappa shape index (κ3) is 5.08. The Hall–Kier alpha value is -2.89. The molecule has 0 aliphatic rings. The highest BCUT2D eigenvalue weighted by Crippen LogP contribution is 2.08. The average Bonchev–Trinajstić information content (AvgIpc) is 3.10. The fourth-order valence-corrected chi connectivity index (χ4v) is 2.11. The second-order valence-electron chi connectivity index (χ2n) is 5.40. The molecule has 0 aliphatic heterocycles. The maximum Gasteiger partial charge on any atom is 0.247 e. The Morgan fingerprint density at radius 1 is 1.29 bits per heavy atom. The number of aromatic nitrogens is 1. The van der Waals surface area contributed by atoms with E-state index in [1.165, 1.54) is 17.2 Å². The van der Waals surface area contributed by atoms with Gasteiger partial charge in [0.2, 0.25) is 11.8 Å². The summed E-state index contributed by atoms with van der Waals surface area (Å²) < 4.78 is 4.67. The number of nitrogens with one attached hydrogen (secondary N) is 1. The summed E-state index contributed by atoms with van der Waals surface area (Å²) in [7, 11) is 0. The Morgan fingerprint density at radius 2 is 2.04 bits per heavy atom. The lowest BCUT2D eigenvalue weighted by Crippen LogP contribution is -2.42. The van der Waals surface area contributed by atoms with Crippen LogP contribution < -0.4 is 5.32 Å². The van der Waals surface area contributed by atoms with Crippen LogP contribution in [0.3, 0.4) is 0 Å². The Kier molecular flexibility index (Phi) is 6.31. The minimum atomic E-state index is -0.314. The van der Waals surface area contributed by atoms with E-state index in [1.807, 2.05) is 44.2 Å². The molecule has 2 aromatic rings. The van der Waals surface area contributed by atoms with E-state index in [4.69, 9.17) is 0 Å². The van der Waals surface area contributed by atoms with Crippen LogP contribution in [0.15, 0.2) is 53.3 Å². The lowest BCUT2D eigenvalue weighted by Gasteiger charge is -2.26. The molecule has 6 nitrogen and oxygen atoms in total. The molecular weight excluding hydrogens is 306 g/mol. The van der Waals surface area contributed by atoms with E-state index in [0.29, 0.717) is 5.82 Å². The molecule has 6 heteroatoms. The minimum absolute atomic E-state index is 0.0418. The van der Waals surface area contributed by atoms with Gasteiger partial charge in [0, 0.05) is 18.2 Å². The number of hydrogen-bond acceptors (Lipinski definition) is 4. The molecule has 1 heterocycles. The minimum Gasteiger partial charge on any atom is -0.363 e. The van der Waals surface area contributed by atoms with Gasteiger partial charge in [-0.2, -0.15) is 0 Å². The highest BCUT2D eigenvalue weighted by atomic mass is 16.5. The first kappa shape index (κ1) is 17.5. The number of hydrogen-bond donors (Lipinski definition) is 1. The Labute approximate surface area is 141 Å². The summed E-state index contributed by atoms with van der Waals surface area (Å²) in [4.78, 5) is 26.1. The van der Waals surface area contributed by atoms with Crippen LogP contribution in [0.2, 0.25) is 0 Å². The number of benzene rings is 1. The molecule has 0 radical (unpaired) electrons. The van der Waals surface area contributed by atoms with Crippen molar-refractivity contribution in [3.05, 3.63) is 54.3 Å². The van der Waals surface area contributed by atoms with Gasteiger partial charge < -0.3 is 14.7 Å². The lowest BCUT2D eigenvalue weighted by molar-refractivity contribution is -0.132. The van der Waals surface area contributed by atoms with Crippen molar-refractivity contribution in [1.29, 1.82) is 0 Å². The van der Waals surface area contributed by atoms with Crippen LogP contribution in [0.4, 0.5) is 5.82 Å². The largest absolute Gasteiger partial charge is 0.363 e. The first-order chi connectivity index (χ1) is 11.6. The first-order valence-electron chi connectivity index (χ1n) is 7.84. The zero-order chi connectivity index (χ0) is 17.4. The summed E-state index contributed by atoms with van der Waals surface area (Å²) >= 11 is 0. The quantitative estimate of drug-likeness (QED) is 0.793. The zero-order valence-electron chi connectivity index (χ0n) is 13.8. The molecular formula is C18H21N3O3. The Morgan fingerprint density at radius 3 is 2.67 bits per heavy atom. The molecule has 0 aliphatic carbocycles. The lowest BCUT2D eigenvalue weighted by atomic mass is 10.2. The van der Waals surface area contributed by atoms with Crippen molar-refractivity contribution in [3.63, 3.8) is 0 Å². The van der Waals surface area contributed by atoms with Crippen LogP contribution in [0, 0.1) is 0 Å². The van der Waals surface area contributed by atoms with Crippen LogP contribution in [0.5, 0.6) is 0 Å². The van der Waals surface area contributed by atoms with E-state index in [9.17, 15) is 9.59 Å². The second-order valence-corrected chi connectivity index (χ2v) is 5.40. The summed E-state index contributed by atoms with van der Waals surface area (Å²) in [5.41, 5.74) is 0.932. The smallest absolute Gasteiger partial charge is 0.247 e. The predicted octanol–water partition coefficient (Wildman–Crippen LogP) is 2.95. The number of anilines is 1. The Bertz CT molecular complexity index is 681. The molecule has 0 spiro atoms. The van der Waals surface area contributed by atoms with Gasteiger partial charge in [0.1, 0.15) is 12.8 Å². The highest BCUT2D eigenvalue weighted by Gasteiger charge is 2.20. The van der Waals surface area contributed by atoms with Gasteiger partial charge in [0.05, 0.1) is 0 Å². The summed E-state index contributed by atoms with van der Waals surface area (Å²) in [6, 6.07) is 11.0. The summed E-state index contributed by atoms with van der Waals surface area (Å²) in [6.07, 6.45) is 5.36. The van der Waals surface area contributed by atoms with Crippen molar-refractivity contribution in [2.24, 2.45) is 0 Å². The molecule has 1 aromatic heterocycles. The first-order valence-corrected chi connectivity index (χ1v) is 7.84. The molecule has 1 atom stereocenters. The molecule has 1 aromatic carbocycles. The van der Waals surface area contributed by atoms with Gasteiger partial charge in [-0.1, -0.05) is 42.4 Å². The fourth-order valence-electron chi connectivity index (χ4n) is 2.11. The van der Waals surface area contributed by atoms with Gasteiger partial charge in [-0.3, -0.25) is 9.59 Å². The molecule has 0 unspecified atom stereocenters. The van der Waals surface area contributed by atoms with Gasteiger partial charge in [0.15, 0.2) is 5.82 Å². The molecule has 0 saturated heterocycles. The molecule has 0 saturated carbocycles. The molecule has 0 bridgehead atoms. The number of rotatable bonds is 7. The SMILES string of the molecule is CC[C@@H](C)N(CC(=O)Nc1ccon1)C(=O)/C=C/c1ccccc1. The number of carbonyl (C=O) groups is 2. The van der Waals surface area contributed by atoms with Gasteiger partial charge in [-0.15, -0.1) is 0 Å². The third-order valence-corrected chi connectivity index (χ3v) is 3.64. The topological polar surface area (TPSA) is 75.4 Å².